The molecule has 0 spiro atoms. The summed E-state index contributed by atoms with van der Waals surface area (Å²) in [5, 5.41) is 0. The molecule has 1 rings (SSSR count). The zero-order chi connectivity index (χ0) is 39.6. The maximum absolute atomic E-state index is 14.7. The molecule has 0 aromatic carbocycles. The van der Waals surface area contributed by atoms with Gasteiger partial charge in [-0.05, 0) is 125 Å². The van der Waals surface area contributed by atoms with Crippen molar-refractivity contribution >= 4 is 26.4 Å². The zero-order valence-electron chi connectivity index (χ0n) is 34.6. The van der Waals surface area contributed by atoms with Gasteiger partial charge in [-0.2, -0.15) is 0 Å². The molecular weight excluding hydrogens is 715 g/mol. The lowest BCUT2D eigenvalue weighted by Gasteiger charge is -2.36. The summed E-state index contributed by atoms with van der Waals surface area (Å²) in [6.45, 7) is 32.8. The van der Waals surface area contributed by atoms with Crippen LogP contribution in [0.25, 0.3) is 0 Å². The molecule has 0 amide bonds. The Balaban J connectivity index is 4.48. The van der Waals surface area contributed by atoms with Gasteiger partial charge in [-0.3, -0.25) is 0 Å². The van der Waals surface area contributed by atoms with Crippen LogP contribution in [-0.2, 0) is 58.3 Å². The van der Waals surface area contributed by atoms with Crippen molar-refractivity contribution in [1.82, 2.24) is 13.7 Å². The number of rotatable bonds is 24. The quantitative estimate of drug-likeness (QED) is 0.137. The number of nitrogens with zero attached hydrogens (tertiary/aromatic N) is 3. The van der Waals surface area contributed by atoms with E-state index in [1.54, 1.807) is 0 Å². The molecule has 0 fully saturated rings. The van der Waals surface area contributed by atoms with E-state index in [0.29, 0.717) is 0 Å². The van der Waals surface area contributed by atoms with E-state index in [1.165, 1.54) is 0 Å². The van der Waals surface area contributed by atoms with Crippen LogP contribution in [0.1, 0.15) is 125 Å². The highest BCUT2D eigenvalue weighted by Gasteiger charge is 2.51. The molecule has 0 radical (unpaired) electrons. The first kappa shape index (κ1) is 47.7. The fraction of sp³-hybridized carbons (Fsp3) is 0.909. The summed E-state index contributed by atoms with van der Waals surface area (Å²) in [5.41, 5.74) is -2.75. The molecule has 300 valence electrons. The highest BCUT2D eigenvalue weighted by atomic mass is 28.4. The Labute approximate surface area is 308 Å². The Kier molecular flexibility index (Phi) is 19.1. The maximum atomic E-state index is 14.7. The van der Waals surface area contributed by atoms with Crippen LogP contribution < -0.4 is 17.1 Å². The second-order valence-corrected chi connectivity index (χ2v) is 22.3. The lowest BCUT2D eigenvalue weighted by molar-refractivity contribution is -0.00390. The molecule has 0 saturated carbocycles. The lowest BCUT2D eigenvalue weighted by Crippen LogP contribution is -2.66. The molecule has 18 heteroatoms. The summed E-state index contributed by atoms with van der Waals surface area (Å²) in [5.74, 6) is 0. The first-order valence-electron chi connectivity index (χ1n) is 18.3. The summed E-state index contributed by atoms with van der Waals surface area (Å²) in [6, 6.07) is 0. The van der Waals surface area contributed by atoms with Crippen molar-refractivity contribution in [2.45, 2.75) is 198 Å². The van der Waals surface area contributed by atoms with Crippen LogP contribution >= 0.6 is 0 Å². The summed E-state index contributed by atoms with van der Waals surface area (Å²) in [6.07, 6.45) is -4.57. The van der Waals surface area contributed by atoms with Crippen molar-refractivity contribution in [3.8, 4) is 0 Å². The van der Waals surface area contributed by atoms with Crippen molar-refractivity contribution in [1.29, 1.82) is 0 Å². The molecule has 0 aliphatic rings. The third-order valence-corrected chi connectivity index (χ3v) is 15.8. The van der Waals surface area contributed by atoms with E-state index >= 15 is 0 Å². The molecule has 1 heterocycles. The second kappa shape index (κ2) is 20.4. The first-order valence-corrected chi connectivity index (χ1v) is 24.1. The monoisotopic (exact) mass is 783 g/mol. The minimum absolute atomic E-state index is 0.380. The summed E-state index contributed by atoms with van der Waals surface area (Å²) < 4.78 is 60.2. The van der Waals surface area contributed by atoms with E-state index in [1.807, 2.05) is 125 Å². The van der Waals surface area contributed by atoms with Crippen molar-refractivity contribution in [2.24, 2.45) is 0 Å². The van der Waals surface area contributed by atoms with E-state index in [9.17, 15) is 14.4 Å². The Morgan fingerprint density at radius 3 is 0.529 bits per heavy atom. The number of aromatic nitrogens is 3. The van der Waals surface area contributed by atoms with Gasteiger partial charge in [0.2, 0.25) is 0 Å². The number of hydrogen-bond donors (Lipinski definition) is 0. The summed E-state index contributed by atoms with van der Waals surface area (Å²) in [4.78, 5) is 44.0. The SMILES string of the molecule is CC(C)O[Si](Cn1c(=O)n(C[Si](OC(C)C)(OC(C)C)OC(C)C)c(=O)n(C[Si](OC(C)C)(OC(C)C)OC(C)C)c1=O)(OC(C)C)OC(C)C. The minimum atomic E-state index is -3.86. The van der Waals surface area contributed by atoms with Crippen molar-refractivity contribution in [3.63, 3.8) is 0 Å². The Hall–Kier alpha value is -1.30. The van der Waals surface area contributed by atoms with Gasteiger partial charge in [0.25, 0.3) is 0 Å². The maximum Gasteiger partial charge on any atom is 0.522 e. The smallest absolute Gasteiger partial charge is 0.370 e. The van der Waals surface area contributed by atoms with Gasteiger partial charge in [-0.1, -0.05) is 0 Å². The predicted molar refractivity (Wildman–Crippen MR) is 202 cm³/mol. The molecular formula is C33H69N3O12Si3. The average Bonchev–Trinajstić information content (AvgIpc) is 2.88. The largest absolute Gasteiger partial charge is 0.522 e. The minimum Gasteiger partial charge on any atom is -0.370 e. The average molecular weight is 784 g/mol. The zero-order valence-corrected chi connectivity index (χ0v) is 37.6. The molecule has 15 nitrogen and oxygen atoms in total. The van der Waals surface area contributed by atoms with Crippen LogP contribution in [0.3, 0.4) is 0 Å². The standard InChI is InChI=1S/C33H69N3O12Si3/c1-22(2)40-49(41-23(3)4,42-24(5)6)19-34-31(37)35(20-50(43-25(7)8,44-26(9)10)45-27(11)12)33(39)36(32(34)38)21-51(46-28(13)14,47-29(15)16)48-30(17)18/h22-30H,19-21H2,1-18H3. The third kappa shape index (κ3) is 15.5. The molecule has 0 aliphatic heterocycles. The van der Waals surface area contributed by atoms with Crippen molar-refractivity contribution in [3.05, 3.63) is 31.5 Å². The van der Waals surface area contributed by atoms with Gasteiger partial charge in [0.15, 0.2) is 0 Å². The molecule has 0 bridgehead atoms. The Morgan fingerprint density at radius 2 is 0.431 bits per heavy atom. The molecule has 0 unspecified atom stereocenters. The van der Waals surface area contributed by atoms with Crippen LogP contribution in [0, 0.1) is 0 Å². The molecule has 1 aromatic heterocycles. The fourth-order valence-electron chi connectivity index (χ4n) is 5.49. The van der Waals surface area contributed by atoms with Crippen LogP contribution in [0.4, 0.5) is 0 Å². The molecule has 0 atom stereocenters. The third-order valence-electron chi connectivity index (χ3n) is 6.18. The van der Waals surface area contributed by atoms with Crippen LogP contribution in [0.2, 0.25) is 0 Å². The number of hydrogen-bond acceptors (Lipinski definition) is 12. The van der Waals surface area contributed by atoms with Crippen molar-refractivity contribution < 1.29 is 39.8 Å². The topological polar surface area (TPSA) is 149 Å². The van der Waals surface area contributed by atoms with Gasteiger partial charge in [0, 0.05) is 54.9 Å². The molecule has 0 N–H and O–H groups in total. The summed E-state index contributed by atoms with van der Waals surface area (Å²) >= 11 is 0. The highest BCUT2D eigenvalue weighted by Crippen LogP contribution is 2.22. The van der Waals surface area contributed by atoms with Crippen molar-refractivity contribution in [2.75, 3.05) is 0 Å². The van der Waals surface area contributed by atoms with E-state index in [-0.39, 0.29) is 73.4 Å². The van der Waals surface area contributed by atoms with E-state index in [2.05, 4.69) is 0 Å². The van der Waals surface area contributed by atoms with Gasteiger partial charge in [0.05, 0.1) is 0 Å². The Bertz CT molecular complexity index is 1100. The van der Waals surface area contributed by atoms with Crippen LogP contribution in [0.5, 0.6) is 0 Å². The summed E-state index contributed by atoms with van der Waals surface area (Å²) in [7, 11) is -11.6. The second-order valence-electron chi connectivity index (χ2n) is 15.2. The van der Waals surface area contributed by atoms with Gasteiger partial charge in [-0.25, -0.2) is 28.1 Å². The van der Waals surface area contributed by atoms with E-state index < -0.39 is 43.5 Å². The van der Waals surface area contributed by atoms with Crippen LogP contribution in [0.15, 0.2) is 14.4 Å². The van der Waals surface area contributed by atoms with Crippen LogP contribution in [-0.4, -0.2) is 95.1 Å². The first-order chi connectivity index (χ1) is 23.3. The highest BCUT2D eigenvalue weighted by molar-refractivity contribution is 6.60. The van der Waals surface area contributed by atoms with Gasteiger partial charge >= 0.3 is 43.5 Å². The normalized spacial score (nSPS) is 13.7. The van der Waals surface area contributed by atoms with Gasteiger partial charge in [-0.15, -0.1) is 0 Å². The van der Waals surface area contributed by atoms with E-state index in [4.69, 9.17) is 39.8 Å². The predicted octanol–water partition coefficient (Wildman–Crippen LogP) is 4.43. The lowest BCUT2D eigenvalue weighted by atomic mass is 10.5. The molecule has 0 aliphatic carbocycles. The fourth-order valence-corrected chi connectivity index (χ4v) is 15.1. The van der Waals surface area contributed by atoms with Gasteiger partial charge < -0.3 is 39.8 Å². The Morgan fingerprint density at radius 1 is 0.314 bits per heavy atom. The van der Waals surface area contributed by atoms with Gasteiger partial charge in [0.1, 0.15) is 18.5 Å². The molecule has 51 heavy (non-hydrogen) atoms. The van der Waals surface area contributed by atoms with E-state index in [0.717, 1.165) is 13.7 Å². The molecule has 1 aromatic rings. The molecule has 0 saturated heterocycles.